The van der Waals surface area contributed by atoms with Crippen molar-refractivity contribution in [3.05, 3.63) is 35.4 Å². The van der Waals surface area contributed by atoms with Crippen LogP contribution >= 0.6 is 0 Å². The van der Waals surface area contributed by atoms with Crippen molar-refractivity contribution in [3.8, 4) is 0 Å². The zero-order chi connectivity index (χ0) is 22.5. The minimum atomic E-state index is -1.13. The molecule has 4 saturated carbocycles. The molecule has 5 aliphatic rings. The average Bonchev–Trinajstić information content (AvgIpc) is 2.98. The van der Waals surface area contributed by atoms with Gasteiger partial charge in [-0.05, 0) is 73.8 Å². The second-order valence-electron chi connectivity index (χ2n) is 10.6. The number of ether oxygens (including phenoxy) is 1. The molecule has 1 N–H and O–H groups in total. The highest BCUT2D eigenvalue weighted by atomic mass is 16.5. The predicted octanol–water partition coefficient (Wildman–Crippen LogP) is 2.97. The summed E-state index contributed by atoms with van der Waals surface area (Å²) in [6.07, 6.45) is 6.33. The Morgan fingerprint density at radius 3 is 2.38 bits per heavy atom. The third-order valence-electron chi connectivity index (χ3n) is 8.60. The standard InChI is InChI=1S/C26H34N2O4/c1-16-5-3-4-6-21(16)26(15-23(30)28(25(26)31)7-8-32-2)14-22(29)27-24-19-10-17-9-18(12-19)13-20(24)11-17/h3-6,17-20,24H,7-15H2,1-2H3,(H,27,29)/t17?,18?,19?,20?,24?,26-/m0/s1. The number of hydrogen-bond donors (Lipinski definition) is 1. The van der Waals surface area contributed by atoms with E-state index < -0.39 is 5.41 Å². The molecule has 0 spiro atoms. The topological polar surface area (TPSA) is 75.7 Å². The van der Waals surface area contributed by atoms with E-state index in [9.17, 15) is 14.4 Å². The van der Waals surface area contributed by atoms with Crippen molar-refractivity contribution in [2.45, 2.75) is 63.3 Å². The Hall–Kier alpha value is -2.21. The quantitative estimate of drug-likeness (QED) is 0.664. The van der Waals surface area contributed by atoms with Crippen LogP contribution in [0.4, 0.5) is 0 Å². The number of nitrogens with zero attached hydrogens (tertiary/aromatic N) is 1. The van der Waals surface area contributed by atoms with Crippen molar-refractivity contribution in [1.82, 2.24) is 10.2 Å². The maximum atomic E-state index is 13.6. The zero-order valence-corrected chi connectivity index (χ0v) is 19.1. The Morgan fingerprint density at radius 2 is 1.75 bits per heavy atom. The number of carbonyl (C=O) groups is 3. The fourth-order valence-corrected chi connectivity index (χ4v) is 7.44. The fraction of sp³-hybridized carbons (Fsp3) is 0.654. The van der Waals surface area contributed by atoms with Gasteiger partial charge in [-0.1, -0.05) is 24.3 Å². The van der Waals surface area contributed by atoms with Gasteiger partial charge in [0.05, 0.1) is 18.6 Å². The Balaban J connectivity index is 1.39. The van der Waals surface area contributed by atoms with Gasteiger partial charge in [0.1, 0.15) is 0 Å². The molecule has 0 unspecified atom stereocenters. The molecule has 1 aliphatic heterocycles. The van der Waals surface area contributed by atoms with Crippen LogP contribution in [0.3, 0.4) is 0 Å². The molecular weight excluding hydrogens is 404 g/mol. The molecule has 4 aliphatic carbocycles. The third-order valence-corrected chi connectivity index (χ3v) is 8.60. The minimum Gasteiger partial charge on any atom is -0.383 e. The van der Waals surface area contributed by atoms with Crippen molar-refractivity contribution < 1.29 is 19.1 Å². The molecule has 1 heterocycles. The molecule has 1 aromatic rings. The molecule has 1 aromatic carbocycles. The van der Waals surface area contributed by atoms with Crippen LogP contribution < -0.4 is 5.32 Å². The van der Waals surface area contributed by atoms with Gasteiger partial charge in [-0.3, -0.25) is 19.3 Å². The summed E-state index contributed by atoms with van der Waals surface area (Å²) in [5, 5.41) is 3.35. The normalized spacial score (nSPS) is 35.6. The molecule has 0 aromatic heterocycles. The van der Waals surface area contributed by atoms with E-state index in [1.165, 1.54) is 37.0 Å². The third kappa shape index (κ3) is 3.57. The van der Waals surface area contributed by atoms with Crippen molar-refractivity contribution in [2.75, 3.05) is 20.3 Å². The number of carbonyl (C=O) groups excluding carboxylic acids is 3. The van der Waals surface area contributed by atoms with Gasteiger partial charge in [-0.15, -0.1) is 0 Å². The monoisotopic (exact) mass is 438 g/mol. The number of aryl methyl sites for hydroxylation is 1. The maximum Gasteiger partial charge on any atom is 0.240 e. The van der Waals surface area contributed by atoms with Gasteiger partial charge in [0.15, 0.2) is 0 Å². The lowest BCUT2D eigenvalue weighted by atomic mass is 9.54. The summed E-state index contributed by atoms with van der Waals surface area (Å²) in [6.45, 7) is 2.46. The van der Waals surface area contributed by atoms with E-state index in [1.54, 1.807) is 7.11 Å². The molecule has 6 rings (SSSR count). The summed E-state index contributed by atoms with van der Waals surface area (Å²) in [4.78, 5) is 41.2. The van der Waals surface area contributed by atoms with Gasteiger partial charge < -0.3 is 10.1 Å². The number of nitrogens with one attached hydrogen (secondary N) is 1. The minimum absolute atomic E-state index is 0.0225. The first-order chi connectivity index (χ1) is 15.4. The van der Waals surface area contributed by atoms with Crippen LogP contribution in [0, 0.1) is 30.6 Å². The van der Waals surface area contributed by atoms with Crippen LogP contribution in [0.25, 0.3) is 0 Å². The number of hydrogen-bond acceptors (Lipinski definition) is 4. The van der Waals surface area contributed by atoms with Gasteiger partial charge in [0, 0.05) is 26.0 Å². The van der Waals surface area contributed by atoms with Crippen molar-refractivity contribution in [3.63, 3.8) is 0 Å². The molecule has 6 heteroatoms. The van der Waals surface area contributed by atoms with Gasteiger partial charge in [-0.2, -0.15) is 0 Å². The second-order valence-corrected chi connectivity index (χ2v) is 10.6. The lowest BCUT2D eigenvalue weighted by Crippen LogP contribution is -2.56. The molecule has 1 saturated heterocycles. The Morgan fingerprint density at radius 1 is 1.09 bits per heavy atom. The number of imide groups is 1. The van der Waals surface area contributed by atoms with Crippen LogP contribution in [0.5, 0.6) is 0 Å². The number of likely N-dealkylation sites (tertiary alicyclic amines) is 1. The molecule has 4 bridgehead atoms. The van der Waals surface area contributed by atoms with Gasteiger partial charge in [0.2, 0.25) is 17.7 Å². The molecular formula is C26H34N2O4. The van der Waals surface area contributed by atoms with E-state index in [4.69, 9.17) is 4.74 Å². The number of rotatable bonds is 7. The highest BCUT2D eigenvalue weighted by Gasteiger charge is 2.55. The second kappa shape index (κ2) is 8.29. The van der Waals surface area contributed by atoms with Crippen LogP contribution in [0.1, 0.15) is 56.1 Å². The van der Waals surface area contributed by atoms with Crippen LogP contribution in [-0.4, -0.2) is 48.9 Å². The SMILES string of the molecule is COCCN1C(=O)C[C@@](CC(=O)NC2C3CC4CC(C3)CC2C4)(c2ccccc2C)C1=O. The van der Waals surface area contributed by atoms with E-state index in [-0.39, 0.29) is 43.1 Å². The van der Waals surface area contributed by atoms with Crippen molar-refractivity contribution >= 4 is 17.7 Å². The first kappa shape index (κ1) is 21.6. The summed E-state index contributed by atoms with van der Waals surface area (Å²) in [7, 11) is 1.55. The highest BCUT2D eigenvalue weighted by Crippen LogP contribution is 2.54. The van der Waals surface area contributed by atoms with E-state index in [1.807, 2.05) is 31.2 Å². The molecule has 1 atom stereocenters. The summed E-state index contributed by atoms with van der Waals surface area (Å²) >= 11 is 0. The molecule has 0 radical (unpaired) electrons. The fourth-order valence-electron chi connectivity index (χ4n) is 7.44. The van der Waals surface area contributed by atoms with Gasteiger partial charge in [0.25, 0.3) is 0 Å². The summed E-state index contributed by atoms with van der Waals surface area (Å²) in [5.41, 5.74) is 0.592. The first-order valence-electron chi connectivity index (χ1n) is 12.1. The Kier molecular flexibility index (Phi) is 5.60. The maximum absolute atomic E-state index is 13.6. The molecule has 3 amide bonds. The molecule has 172 valence electrons. The van der Waals surface area contributed by atoms with Gasteiger partial charge >= 0.3 is 0 Å². The Bertz CT molecular complexity index is 900. The van der Waals surface area contributed by atoms with Crippen LogP contribution in [0.15, 0.2) is 24.3 Å². The number of amides is 3. The predicted molar refractivity (Wildman–Crippen MR) is 120 cm³/mol. The average molecular weight is 439 g/mol. The zero-order valence-electron chi connectivity index (χ0n) is 19.1. The number of methoxy groups -OCH3 is 1. The highest BCUT2D eigenvalue weighted by molar-refractivity contribution is 6.11. The van der Waals surface area contributed by atoms with E-state index >= 15 is 0 Å². The molecule has 32 heavy (non-hydrogen) atoms. The smallest absolute Gasteiger partial charge is 0.240 e. The van der Waals surface area contributed by atoms with Crippen LogP contribution in [-0.2, 0) is 24.5 Å². The summed E-state index contributed by atoms with van der Waals surface area (Å²) in [5.74, 6) is 2.24. The summed E-state index contributed by atoms with van der Waals surface area (Å²) in [6, 6.07) is 7.88. The number of benzene rings is 1. The van der Waals surface area contributed by atoms with Crippen LogP contribution in [0.2, 0.25) is 0 Å². The Labute approximate surface area is 190 Å². The summed E-state index contributed by atoms with van der Waals surface area (Å²) < 4.78 is 5.11. The lowest BCUT2D eigenvalue weighted by Gasteiger charge is -2.54. The largest absolute Gasteiger partial charge is 0.383 e. The van der Waals surface area contributed by atoms with Crippen molar-refractivity contribution in [1.29, 1.82) is 0 Å². The first-order valence-corrected chi connectivity index (χ1v) is 12.1. The van der Waals surface area contributed by atoms with Gasteiger partial charge in [-0.25, -0.2) is 0 Å². The lowest BCUT2D eigenvalue weighted by molar-refractivity contribution is -0.142. The van der Waals surface area contributed by atoms with E-state index in [2.05, 4.69) is 5.32 Å². The molecule has 6 nitrogen and oxygen atoms in total. The van der Waals surface area contributed by atoms with E-state index in [0.29, 0.717) is 18.4 Å². The molecule has 5 fully saturated rings. The van der Waals surface area contributed by atoms with E-state index in [0.717, 1.165) is 23.0 Å². The van der Waals surface area contributed by atoms with Crippen molar-refractivity contribution in [2.24, 2.45) is 23.7 Å².